The second-order valence-electron chi connectivity index (χ2n) is 6.31. The number of hydrogen-bond acceptors (Lipinski definition) is 8. The maximum Gasteiger partial charge on any atom is 0.323 e. The SMILES string of the molecule is [2H][C@@]1(n2cc(C#C)c(=O)[nH]c2=S)O[C@](F)(COC(=O)[C@@H](N)C(C)C)[C@@H](O)[C@H]1O. The molecule has 0 aromatic carbocycles. The van der Waals surface area contributed by atoms with Gasteiger partial charge in [0.1, 0.15) is 23.8 Å². The highest BCUT2D eigenvalue weighted by Crippen LogP contribution is 2.38. The Morgan fingerprint density at radius 1 is 1.70 bits per heavy atom. The number of aliphatic hydroxyl groups is 2. The van der Waals surface area contributed by atoms with E-state index in [2.05, 4.69) is 4.98 Å². The van der Waals surface area contributed by atoms with Crippen LogP contribution in [-0.2, 0) is 14.3 Å². The predicted octanol–water partition coefficient (Wildman–Crippen LogP) is -0.670. The van der Waals surface area contributed by atoms with Crippen molar-refractivity contribution in [3.8, 4) is 12.3 Å². The third kappa shape index (κ3) is 4.10. The number of aromatic nitrogens is 2. The van der Waals surface area contributed by atoms with Gasteiger partial charge in [0, 0.05) is 6.20 Å². The maximum absolute atomic E-state index is 15.1. The highest BCUT2D eigenvalue weighted by Gasteiger charge is 2.57. The van der Waals surface area contributed by atoms with Gasteiger partial charge in [-0.15, -0.1) is 6.42 Å². The van der Waals surface area contributed by atoms with Crippen LogP contribution in [0, 0.1) is 23.0 Å². The number of halogens is 1. The highest BCUT2D eigenvalue weighted by atomic mass is 32.1. The fourth-order valence-electron chi connectivity index (χ4n) is 2.25. The summed E-state index contributed by atoms with van der Waals surface area (Å²) in [4.78, 5) is 25.7. The van der Waals surface area contributed by atoms with Gasteiger partial charge in [-0.2, -0.15) is 0 Å². The minimum atomic E-state index is -3.14. The number of terminal acetylenes is 1. The molecule has 2 heterocycles. The molecular weight excluding hydrogens is 381 g/mol. The molecule has 0 radical (unpaired) electrons. The second kappa shape index (κ2) is 7.87. The lowest BCUT2D eigenvalue weighted by Crippen LogP contribution is -2.46. The summed E-state index contributed by atoms with van der Waals surface area (Å²) in [7, 11) is 0. The molecule has 1 aromatic rings. The van der Waals surface area contributed by atoms with Crippen LogP contribution >= 0.6 is 12.2 Å². The second-order valence-corrected chi connectivity index (χ2v) is 6.70. The van der Waals surface area contributed by atoms with E-state index in [4.69, 9.17) is 35.2 Å². The normalized spacial score (nSPS) is 32.0. The van der Waals surface area contributed by atoms with Gasteiger partial charge in [0.15, 0.2) is 17.6 Å². The summed E-state index contributed by atoms with van der Waals surface area (Å²) in [6, 6.07) is -1.04. The van der Waals surface area contributed by atoms with Gasteiger partial charge in [0.05, 0.1) is 1.37 Å². The molecular formula is C16H20FN3O6S. The number of alkyl halides is 1. The smallest absolute Gasteiger partial charge is 0.323 e. The first-order valence-electron chi connectivity index (χ1n) is 8.38. The van der Waals surface area contributed by atoms with Gasteiger partial charge in [0.25, 0.3) is 11.4 Å². The molecule has 0 bridgehead atoms. The standard InChI is InChI=1S/C16H20FN3O6S/c1-4-8-5-20(15(27)19-12(8)23)13-10(21)11(22)16(17,26-13)6-25-14(24)9(18)7(2)3/h1,5,7,9-11,13,21-22H,6,18H2,2-3H3,(H,19,23,27)/t9-,10+,11-,13+,16+/m0/s1/i13D. The van der Waals surface area contributed by atoms with Crippen molar-refractivity contribution >= 4 is 18.2 Å². The Balaban J connectivity index is 2.35. The summed E-state index contributed by atoms with van der Waals surface area (Å²) in [5, 5.41) is 20.3. The van der Waals surface area contributed by atoms with Gasteiger partial charge in [-0.25, -0.2) is 4.39 Å². The average Bonchev–Trinajstić information content (AvgIpc) is 2.80. The Labute approximate surface area is 160 Å². The molecule has 1 aliphatic heterocycles. The largest absolute Gasteiger partial charge is 0.458 e. The molecule has 5 atom stereocenters. The number of nitrogens with two attached hydrogens (primary N) is 1. The number of carbonyl (C=O) groups is 1. The van der Waals surface area contributed by atoms with Crippen molar-refractivity contribution in [2.45, 2.75) is 44.2 Å². The van der Waals surface area contributed by atoms with Gasteiger partial charge >= 0.3 is 5.97 Å². The third-order valence-corrected chi connectivity index (χ3v) is 4.30. The zero-order valence-electron chi connectivity index (χ0n) is 15.5. The molecule has 0 unspecified atom stereocenters. The molecule has 1 saturated heterocycles. The number of rotatable bonds is 5. The molecule has 0 saturated carbocycles. The lowest BCUT2D eigenvalue weighted by molar-refractivity contribution is -0.217. The van der Waals surface area contributed by atoms with Crippen molar-refractivity contribution in [2.24, 2.45) is 11.7 Å². The monoisotopic (exact) mass is 402 g/mol. The van der Waals surface area contributed by atoms with Gasteiger partial charge < -0.3 is 25.4 Å². The summed E-state index contributed by atoms with van der Waals surface area (Å²) < 4.78 is 33.4. The number of esters is 1. The summed E-state index contributed by atoms with van der Waals surface area (Å²) >= 11 is 4.91. The molecule has 11 heteroatoms. The van der Waals surface area contributed by atoms with E-state index >= 15 is 4.39 Å². The first kappa shape index (κ1) is 19.7. The van der Waals surface area contributed by atoms with Crippen molar-refractivity contribution in [1.82, 2.24) is 9.55 Å². The van der Waals surface area contributed by atoms with E-state index in [-0.39, 0.29) is 11.5 Å². The van der Waals surface area contributed by atoms with E-state index in [0.29, 0.717) is 4.57 Å². The Hall–Kier alpha value is -2.10. The van der Waals surface area contributed by atoms with Gasteiger partial charge in [-0.05, 0) is 18.1 Å². The zero-order chi connectivity index (χ0) is 21.4. The van der Waals surface area contributed by atoms with Crippen LogP contribution in [0.1, 0.15) is 27.0 Å². The molecule has 0 aliphatic carbocycles. The van der Waals surface area contributed by atoms with Crippen LogP contribution in [0.15, 0.2) is 11.0 Å². The minimum absolute atomic E-state index is 0.267. The van der Waals surface area contributed by atoms with E-state index in [0.717, 1.165) is 6.20 Å². The van der Waals surface area contributed by atoms with Crippen LogP contribution in [-0.4, -0.2) is 56.4 Å². The highest BCUT2D eigenvalue weighted by molar-refractivity contribution is 7.71. The van der Waals surface area contributed by atoms with Crippen LogP contribution in [0.4, 0.5) is 4.39 Å². The number of ether oxygens (including phenoxy) is 2. The number of hydrogen-bond donors (Lipinski definition) is 4. The maximum atomic E-state index is 15.1. The van der Waals surface area contributed by atoms with Crippen LogP contribution in [0.5, 0.6) is 0 Å². The minimum Gasteiger partial charge on any atom is -0.458 e. The van der Waals surface area contributed by atoms with Crippen molar-refractivity contribution in [2.75, 3.05) is 6.61 Å². The lowest BCUT2D eigenvalue weighted by atomic mass is 10.1. The first-order valence-corrected chi connectivity index (χ1v) is 8.28. The number of H-pyrrole nitrogens is 1. The average molecular weight is 402 g/mol. The predicted molar refractivity (Wildman–Crippen MR) is 93.6 cm³/mol. The Morgan fingerprint density at radius 2 is 2.33 bits per heavy atom. The molecule has 148 valence electrons. The Morgan fingerprint density at radius 3 is 2.89 bits per heavy atom. The van der Waals surface area contributed by atoms with E-state index in [1.807, 2.05) is 5.92 Å². The third-order valence-electron chi connectivity index (χ3n) is 4.00. The van der Waals surface area contributed by atoms with Crippen molar-refractivity contribution in [1.29, 1.82) is 0 Å². The molecule has 1 aromatic heterocycles. The van der Waals surface area contributed by atoms with Crippen molar-refractivity contribution in [3.63, 3.8) is 0 Å². The fourth-order valence-corrected chi connectivity index (χ4v) is 2.48. The molecule has 0 spiro atoms. The Bertz CT molecular complexity index is 930. The van der Waals surface area contributed by atoms with Crippen LogP contribution in [0.3, 0.4) is 0 Å². The molecule has 1 aliphatic rings. The van der Waals surface area contributed by atoms with Crippen molar-refractivity contribution < 1.29 is 30.2 Å². The molecule has 9 nitrogen and oxygen atoms in total. The topological polar surface area (TPSA) is 140 Å². The van der Waals surface area contributed by atoms with Crippen LogP contribution < -0.4 is 11.3 Å². The number of nitrogens with one attached hydrogen (secondary N) is 1. The molecule has 2 rings (SSSR count). The van der Waals surface area contributed by atoms with Crippen LogP contribution in [0.25, 0.3) is 0 Å². The first-order chi connectivity index (χ1) is 12.9. The van der Waals surface area contributed by atoms with E-state index < -0.39 is 53.2 Å². The quantitative estimate of drug-likeness (QED) is 0.289. The summed E-state index contributed by atoms with van der Waals surface area (Å²) in [6.07, 6.45) is -1.05. The number of carbonyl (C=O) groups excluding carboxylic acids is 1. The van der Waals surface area contributed by atoms with E-state index in [9.17, 15) is 19.8 Å². The zero-order valence-corrected chi connectivity index (χ0v) is 15.3. The summed E-state index contributed by atoms with van der Waals surface area (Å²) in [5.41, 5.74) is 4.60. The lowest BCUT2D eigenvalue weighted by Gasteiger charge is -2.24. The van der Waals surface area contributed by atoms with Crippen LogP contribution in [0.2, 0.25) is 0 Å². The van der Waals surface area contributed by atoms with Crippen molar-refractivity contribution in [3.05, 3.63) is 26.9 Å². The molecule has 27 heavy (non-hydrogen) atoms. The Kier molecular flexibility index (Phi) is 5.73. The van der Waals surface area contributed by atoms with Gasteiger partial charge in [-0.1, -0.05) is 19.8 Å². The molecule has 5 N–H and O–H groups in total. The molecule has 0 amide bonds. The summed E-state index contributed by atoms with van der Waals surface area (Å²) in [6.45, 7) is 2.17. The fraction of sp³-hybridized carbons (Fsp3) is 0.562. The van der Waals surface area contributed by atoms with Gasteiger partial charge in [-0.3, -0.25) is 19.1 Å². The van der Waals surface area contributed by atoms with Gasteiger partial charge in [0.2, 0.25) is 0 Å². The van der Waals surface area contributed by atoms with E-state index in [1.54, 1.807) is 13.8 Å². The van der Waals surface area contributed by atoms with E-state index in [1.165, 1.54) is 0 Å². The number of aliphatic hydroxyl groups excluding tert-OH is 2. The molecule has 1 fully saturated rings. The number of aromatic amines is 1. The number of nitrogens with zero attached hydrogens (tertiary/aromatic N) is 1. The summed E-state index contributed by atoms with van der Waals surface area (Å²) in [5.74, 6) is -2.34.